The second-order valence-electron chi connectivity index (χ2n) is 4.37. The average Bonchev–Trinajstić information content (AvgIpc) is 2.18. The van der Waals surface area contributed by atoms with Gasteiger partial charge in [0.2, 0.25) is 0 Å². The monoisotopic (exact) mass is 200 g/mol. The molecule has 0 saturated heterocycles. The van der Waals surface area contributed by atoms with Gasteiger partial charge in [0.1, 0.15) is 0 Å². The third-order valence-corrected chi connectivity index (χ3v) is 3.17. The van der Waals surface area contributed by atoms with E-state index in [4.69, 9.17) is 0 Å². The molecule has 0 saturated carbocycles. The van der Waals surface area contributed by atoms with Gasteiger partial charge in [-0.15, -0.1) is 0 Å². The van der Waals surface area contributed by atoms with Crippen LogP contribution in [0.25, 0.3) is 0 Å². The number of hydrogen-bond acceptors (Lipinski definition) is 2. The van der Waals surface area contributed by atoms with E-state index in [-0.39, 0.29) is 0 Å². The highest BCUT2D eigenvalue weighted by molar-refractivity contribution is 4.68. The van der Waals surface area contributed by atoms with Crippen LogP contribution < -0.4 is 5.32 Å². The lowest BCUT2D eigenvalue weighted by molar-refractivity contribution is 0.270. The minimum Gasteiger partial charge on any atom is -0.315 e. The van der Waals surface area contributed by atoms with Crippen LogP contribution in [0.3, 0.4) is 0 Å². The standard InChI is InChI=1S/C12H28N2/c1-6-11(7-2)9-13-10-12(8-3)14(4)5/h11-13H,6-10H2,1-5H3. The first-order valence-corrected chi connectivity index (χ1v) is 6.02. The maximum atomic E-state index is 3.58. The van der Waals surface area contributed by atoms with Gasteiger partial charge in [0.25, 0.3) is 0 Å². The van der Waals surface area contributed by atoms with Crippen molar-refractivity contribution >= 4 is 0 Å². The summed E-state index contributed by atoms with van der Waals surface area (Å²) in [6, 6.07) is 0.685. The summed E-state index contributed by atoms with van der Waals surface area (Å²) in [5.74, 6) is 0.856. The van der Waals surface area contributed by atoms with Gasteiger partial charge in [0.05, 0.1) is 0 Å². The lowest BCUT2D eigenvalue weighted by Crippen LogP contribution is -2.38. The molecule has 86 valence electrons. The Hall–Kier alpha value is -0.0800. The molecule has 2 heteroatoms. The van der Waals surface area contributed by atoms with Gasteiger partial charge in [-0.05, 0) is 33.0 Å². The molecular weight excluding hydrogens is 172 g/mol. The number of nitrogens with one attached hydrogen (secondary N) is 1. The van der Waals surface area contributed by atoms with Gasteiger partial charge in [-0.3, -0.25) is 0 Å². The summed E-state index contributed by atoms with van der Waals surface area (Å²) in [6.45, 7) is 9.11. The van der Waals surface area contributed by atoms with Gasteiger partial charge >= 0.3 is 0 Å². The van der Waals surface area contributed by atoms with Crippen molar-refractivity contribution in [1.29, 1.82) is 0 Å². The van der Waals surface area contributed by atoms with E-state index < -0.39 is 0 Å². The highest BCUT2D eigenvalue weighted by atomic mass is 15.1. The van der Waals surface area contributed by atoms with Crippen LogP contribution in [0.5, 0.6) is 0 Å². The molecule has 0 radical (unpaired) electrons. The molecular formula is C12H28N2. The van der Waals surface area contributed by atoms with Crippen LogP contribution >= 0.6 is 0 Å². The Morgan fingerprint density at radius 1 is 0.929 bits per heavy atom. The highest BCUT2D eigenvalue weighted by Gasteiger charge is 2.09. The van der Waals surface area contributed by atoms with Gasteiger partial charge < -0.3 is 10.2 Å². The summed E-state index contributed by atoms with van der Waals surface area (Å²) in [4.78, 5) is 2.31. The first kappa shape index (κ1) is 13.9. The minimum absolute atomic E-state index is 0.685. The third kappa shape index (κ3) is 5.61. The molecule has 1 atom stereocenters. The van der Waals surface area contributed by atoms with E-state index >= 15 is 0 Å². The first-order chi connectivity index (χ1) is 6.65. The Balaban J connectivity index is 3.59. The van der Waals surface area contributed by atoms with Crippen LogP contribution in [0.4, 0.5) is 0 Å². The molecule has 0 aromatic carbocycles. The van der Waals surface area contributed by atoms with Crippen molar-refractivity contribution in [2.45, 2.75) is 46.1 Å². The molecule has 0 bridgehead atoms. The number of hydrogen-bond donors (Lipinski definition) is 1. The third-order valence-electron chi connectivity index (χ3n) is 3.17. The fourth-order valence-corrected chi connectivity index (χ4v) is 1.72. The van der Waals surface area contributed by atoms with E-state index in [1.54, 1.807) is 0 Å². The van der Waals surface area contributed by atoms with Crippen LogP contribution in [-0.4, -0.2) is 38.1 Å². The van der Waals surface area contributed by atoms with Gasteiger partial charge in [0.15, 0.2) is 0 Å². The van der Waals surface area contributed by atoms with Gasteiger partial charge in [-0.1, -0.05) is 33.6 Å². The van der Waals surface area contributed by atoms with Crippen LogP contribution in [0.1, 0.15) is 40.0 Å². The Morgan fingerprint density at radius 3 is 1.86 bits per heavy atom. The molecule has 14 heavy (non-hydrogen) atoms. The molecule has 0 amide bonds. The van der Waals surface area contributed by atoms with Crippen molar-refractivity contribution < 1.29 is 0 Å². The van der Waals surface area contributed by atoms with Gasteiger partial charge in [-0.2, -0.15) is 0 Å². The fourth-order valence-electron chi connectivity index (χ4n) is 1.72. The zero-order valence-electron chi connectivity index (χ0n) is 10.6. The quantitative estimate of drug-likeness (QED) is 0.647. The Kier molecular flexibility index (Phi) is 8.20. The van der Waals surface area contributed by atoms with E-state index in [1.165, 1.54) is 25.8 Å². The molecule has 0 rings (SSSR count). The van der Waals surface area contributed by atoms with Crippen molar-refractivity contribution in [2.75, 3.05) is 27.2 Å². The van der Waals surface area contributed by atoms with Gasteiger partial charge in [-0.25, -0.2) is 0 Å². The average molecular weight is 200 g/mol. The maximum absolute atomic E-state index is 3.58. The van der Waals surface area contributed by atoms with E-state index in [0.29, 0.717) is 6.04 Å². The minimum atomic E-state index is 0.685. The summed E-state index contributed by atoms with van der Waals surface area (Å²) in [7, 11) is 4.32. The molecule has 0 aromatic rings. The Labute approximate surface area is 90.1 Å². The Morgan fingerprint density at radius 2 is 1.50 bits per heavy atom. The highest BCUT2D eigenvalue weighted by Crippen LogP contribution is 2.05. The lowest BCUT2D eigenvalue weighted by atomic mass is 10.0. The molecule has 0 aliphatic heterocycles. The maximum Gasteiger partial charge on any atom is 0.0211 e. The summed E-state index contributed by atoms with van der Waals surface area (Å²) in [5, 5.41) is 3.58. The van der Waals surface area contributed by atoms with Crippen LogP contribution in [0, 0.1) is 5.92 Å². The van der Waals surface area contributed by atoms with Crippen LogP contribution in [-0.2, 0) is 0 Å². The second-order valence-corrected chi connectivity index (χ2v) is 4.37. The van der Waals surface area contributed by atoms with Crippen molar-refractivity contribution in [3.63, 3.8) is 0 Å². The second kappa shape index (κ2) is 8.25. The fraction of sp³-hybridized carbons (Fsp3) is 1.00. The zero-order valence-corrected chi connectivity index (χ0v) is 10.6. The van der Waals surface area contributed by atoms with Crippen molar-refractivity contribution in [1.82, 2.24) is 10.2 Å². The zero-order chi connectivity index (χ0) is 11.0. The van der Waals surface area contributed by atoms with E-state index in [0.717, 1.165) is 12.5 Å². The van der Waals surface area contributed by atoms with Gasteiger partial charge in [0, 0.05) is 12.6 Å². The first-order valence-electron chi connectivity index (χ1n) is 6.02. The smallest absolute Gasteiger partial charge is 0.0211 e. The predicted molar refractivity (Wildman–Crippen MR) is 64.7 cm³/mol. The van der Waals surface area contributed by atoms with Crippen LogP contribution in [0.15, 0.2) is 0 Å². The van der Waals surface area contributed by atoms with E-state index in [2.05, 4.69) is 45.1 Å². The Bertz CT molecular complexity index is 119. The topological polar surface area (TPSA) is 15.3 Å². The number of likely N-dealkylation sites (N-methyl/N-ethyl adjacent to an activating group) is 1. The molecule has 1 unspecified atom stereocenters. The SMILES string of the molecule is CCC(CC)CNCC(CC)N(C)C. The summed E-state index contributed by atoms with van der Waals surface area (Å²) < 4.78 is 0. The molecule has 0 aromatic heterocycles. The van der Waals surface area contributed by atoms with E-state index in [1.807, 2.05) is 0 Å². The van der Waals surface area contributed by atoms with Crippen molar-refractivity contribution in [3.05, 3.63) is 0 Å². The summed E-state index contributed by atoms with van der Waals surface area (Å²) >= 11 is 0. The molecule has 0 aliphatic rings. The van der Waals surface area contributed by atoms with E-state index in [9.17, 15) is 0 Å². The predicted octanol–water partition coefficient (Wildman–Crippen LogP) is 2.35. The lowest BCUT2D eigenvalue weighted by Gasteiger charge is -2.24. The van der Waals surface area contributed by atoms with Crippen molar-refractivity contribution in [3.8, 4) is 0 Å². The summed E-state index contributed by atoms with van der Waals surface area (Å²) in [5.41, 5.74) is 0. The summed E-state index contributed by atoms with van der Waals surface area (Å²) in [6.07, 6.45) is 3.81. The molecule has 2 nitrogen and oxygen atoms in total. The largest absolute Gasteiger partial charge is 0.315 e. The molecule has 0 heterocycles. The molecule has 1 N–H and O–H groups in total. The normalized spacial score (nSPS) is 13.9. The van der Waals surface area contributed by atoms with Crippen molar-refractivity contribution in [2.24, 2.45) is 5.92 Å². The molecule has 0 spiro atoms. The number of nitrogens with zero attached hydrogens (tertiary/aromatic N) is 1. The molecule has 0 aliphatic carbocycles. The van der Waals surface area contributed by atoms with Crippen LogP contribution in [0.2, 0.25) is 0 Å². The molecule has 0 fully saturated rings. The number of rotatable bonds is 8.